The largest absolute Gasteiger partial charge is 0.370 e. The first-order chi connectivity index (χ1) is 13.7. The molecule has 0 bridgehead atoms. The molecule has 1 aromatic rings. The molecule has 0 radical (unpaired) electrons. The lowest BCUT2D eigenvalue weighted by Gasteiger charge is -2.40. The molecule has 0 spiro atoms. The topological polar surface area (TPSA) is 49.6 Å². The number of benzene rings is 1. The number of primary amides is 1. The van der Waals surface area contributed by atoms with E-state index >= 15 is 0 Å². The summed E-state index contributed by atoms with van der Waals surface area (Å²) in [4.78, 5) is 16.2. The van der Waals surface area contributed by atoms with E-state index < -0.39 is 0 Å². The van der Waals surface area contributed by atoms with Crippen molar-refractivity contribution in [3.05, 3.63) is 29.8 Å². The van der Waals surface area contributed by atoms with Crippen molar-refractivity contribution in [2.75, 3.05) is 37.6 Å². The van der Waals surface area contributed by atoms with Gasteiger partial charge in [0.2, 0.25) is 5.91 Å². The van der Waals surface area contributed by atoms with Crippen LogP contribution in [0.2, 0.25) is 0 Å². The quantitative estimate of drug-likeness (QED) is 0.758. The minimum absolute atomic E-state index is 0.189. The number of hydrogen-bond acceptors (Lipinski definition) is 3. The van der Waals surface area contributed by atoms with Gasteiger partial charge in [0.15, 0.2) is 0 Å². The zero-order valence-corrected chi connectivity index (χ0v) is 19.0. The summed E-state index contributed by atoms with van der Waals surface area (Å²) in [5, 5.41) is 0. The van der Waals surface area contributed by atoms with Crippen LogP contribution in [0.1, 0.15) is 71.3 Å². The van der Waals surface area contributed by atoms with Crippen LogP contribution < -0.4 is 10.6 Å². The number of carbonyl (C=O) groups is 1. The first kappa shape index (κ1) is 22.1. The highest BCUT2D eigenvalue weighted by Crippen LogP contribution is 2.45. The van der Waals surface area contributed by atoms with Gasteiger partial charge in [-0.2, -0.15) is 0 Å². The molecule has 2 aliphatic rings. The molecule has 0 aromatic heterocycles. The Morgan fingerprint density at radius 3 is 2.28 bits per heavy atom. The van der Waals surface area contributed by atoms with Gasteiger partial charge >= 0.3 is 0 Å². The van der Waals surface area contributed by atoms with Crippen LogP contribution in [0.3, 0.4) is 0 Å². The third-order valence-corrected chi connectivity index (χ3v) is 7.16. The van der Waals surface area contributed by atoms with Gasteiger partial charge in [0.05, 0.1) is 0 Å². The maximum Gasteiger partial charge on any atom is 0.217 e. The number of carbonyl (C=O) groups excluding carboxylic acids is 1. The molecule has 29 heavy (non-hydrogen) atoms. The third kappa shape index (κ3) is 5.97. The van der Waals surface area contributed by atoms with E-state index in [4.69, 9.17) is 5.73 Å². The van der Waals surface area contributed by atoms with Crippen molar-refractivity contribution in [1.29, 1.82) is 0 Å². The SMILES string of the molecule is CC(CC(N)=O)CN1CCN(c2ccccc2C2CCC(C(C)(C)C)CC2)CC1. The van der Waals surface area contributed by atoms with E-state index in [1.807, 2.05) is 0 Å². The maximum atomic E-state index is 11.1. The van der Waals surface area contributed by atoms with Gasteiger partial charge in [0, 0.05) is 44.8 Å². The minimum Gasteiger partial charge on any atom is -0.370 e. The van der Waals surface area contributed by atoms with E-state index in [0.717, 1.165) is 38.6 Å². The molecule has 1 heterocycles. The Morgan fingerprint density at radius 2 is 1.69 bits per heavy atom. The van der Waals surface area contributed by atoms with Gasteiger partial charge in [-0.3, -0.25) is 9.69 Å². The summed E-state index contributed by atoms with van der Waals surface area (Å²) in [7, 11) is 0. The van der Waals surface area contributed by atoms with Gasteiger partial charge in [0.1, 0.15) is 0 Å². The molecule has 3 rings (SSSR count). The number of amides is 1. The lowest BCUT2D eigenvalue weighted by Crippen LogP contribution is -2.48. The van der Waals surface area contributed by atoms with Crippen molar-refractivity contribution in [2.24, 2.45) is 23.0 Å². The van der Waals surface area contributed by atoms with E-state index in [1.54, 1.807) is 5.56 Å². The van der Waals surface area contributed by atoms with Crippen molar-refractivity contribution in [2.45, 2.75) is 65.7 Å². The zero-order chi connectivity index (χ0) is 21.0. The number of anilines is 1. The second-order valence-corrected chi connectivity index (χ2v) is 10.5. The van der Waals surface area contributed by atoms with Crippen LogP contribution in [0.15, 0.2) is 24.3 Å². The van der Waals surface area contributed by atoms with Gasteiger partial charge in [-0.25, -0.2) is 0 Å². The van der Waals surface area contributed by atoms with Crippen LogP contribution in [0.4, 0.5) is 5.69 Å². The van der Waals surface area contributed by atoms with E-state index in [0.29, 0.717) is 23.7 Å². The van der Waals surface area contributed by atoms with Crippen molar-refractivity contribution in [3.63, 3.8) is 0 Å². The third-order valence-electron chi connectivity index (χ3n) is 7.16. The molecule has 1 aromatic carbocycles. The van der Waals surface area contributed by atoms with Crippen molar-refractivity contribution in [3.8, 4) is 0 Å². The number of para-hydroxylation sites is 1. The Kier molecular flexibility index (Phi) is 7.26. The highest BCUT2D eigenvalue weighted by molar-refractivity contribution is 5.73. The van der Waals surface area contributed by atoms with Gasteiger partial charge in [0.25, 0.3) is 0 Å². The second-order valence-electron chi connectivity index (χ2n) is 10.5. The monoisotopic (exact) mass is 399 g/mol. The van der Waals surface area contributed by atoms with Crippen LogP contribution in [-0.2, 0) is 4.79 Å². The average molecular weight is 400 g/mol. The highest BCUT2D eigenvalue weighted by atomic mass is 16.1. The summed E-state index contributed by atoms with van der Waals surface area (Å²) in [6, 6.07) is 9.12. The first-order valence-corrected chi connectivity index (χ1v) is 11.6. The molecule has 1 saturated heterocycles. The van der Waals surface area contributed by atoms with Crippen LogP contribution in [-0.4, -0.2) is 43.5 Å². The number of nitrogens with zero attached hydrogens (tertiary/aromatic N) is 2. The Labute approximate surface area is 177 Å². The predicted octanol–water partition coefficient (Wildman–Crippen LogP) is 4.64. The van der Waals surface area contributed by atoms with Crippen molar-refractivity contribution in [1.82, 2.24) is 4.90 Å². The average Bonchev–Trinajstić information content (AvgIpc) is 2.67. The number of piperazine rings is 1. The highest BCUT2D eigenvalue weighted by Gasteiger charge is 2.31. The number of hydrogen-bond donors (Lipinski definition) is 1. The van der Waals surface area contributed by atoms with Gasteiger partial charge < -0.3 is 10.6 Å². The Bertz CT molecular complexity index is 665. The fourth-order valence-corrected chi connectivity index (χ4v) is 5.41. The summed E-state index contributed by atoms with van der Waals surface area (Å²) < 4.78 is 0. The Morgan fingerprint density at radius 1 is 1.07 bits per heavy atom. The van der Waals surface area contributed by atoms with Crippen LogP contribution >= 0.6 is 0 Å². The zero-order valence-electron chi connectivity index (χ0n) is 19.0. The lowest BCUT2D eigenvalue weighted by molar-refractivity contribution is -0.118. The van der Waals surface area contributed by atoms with E-state index in [9.17, 15) is 4.79 Å². The van der Waals surface area contributed by atoms with Crippen LogP contribution in [0.25, 0.3) is 0 Å². The summed E-state index contributed by atoms with van der Waals surface area (Å²) >= 11 is 0. The summed E-state index contributed by atoms with van der Waals surface area (Å²) in [6.45, 7) is 14.6. The van der Waals surface area contributed by atoms with E-state index in [1.165, 1.54) is 31.4 Å². The molecule has 1 aliphatic carbocycles. The molecule has 162 valence electrons. The fraction of sp³-hybridized carbons (Fsp3) is 0.720. The molecule has 2 fully saturated rings. The molecule has 1 unspecified atom stereocenters. The van der Waals surface area contributed by atoms with Crippen LogP contribution in [0.5, 0.6) is 0 Å². The number of nitrogens with two attached hydrogens (primary N) is 1. The molecule has 4 heteroatoms. The summed E-state index contributed by atoms with van der Waals surface area (Å²) in [5.41, 5.74) is 8.81. The van der Waals surface area contributed by atoms with Gasteiger partial charge in [-0.15, -0.1) is 0 Å². The Hall–Kier alpha value is -1.55. The normalized spacial score (nSPS) is 25.0. The molecule has 1 aliphatic heterocycles. The predicted molar refractivity (Wildman–Crippen MR) is 122 cm³/mol. The van der Waals surface area contributed by atoms with E-state index in [2.05, 4.69) is 61.8 Å². The minimum atomic E-state index is -0.189. The molecule has 1 atom stereocenters. The van der Waals surface area contributed by atoms with Crippen LogP contribution in [0, 0.1) is 17.3 Å². The molecule has 1 saturated carbocycles. The number of rotatable bonds is 6. The standard InChI is InChI=1S/C25H41N3O/c1-19(17-24(26)29)18-27-13-15-28(16-14-27)23-8-6-5-7-22(23)20-9-11-21(12-10-20)25(2,3)4/h5-8,19-21H,9-18H2,1-4H3,(H2,26,29). The van der Waals surface area contributed by atoms with Crippen molar-refractivity contribution < 1.29 is 4.79 Å². The van der Waals surface area contributed by atoms with Gasteiger partial charge in [-0.05, 0) is 60.5 Å². The smallest absolute Gasteiger partial charge is 0.217 e. The molecular formula is C25H41N3O. The lowest BCUT2D eigenvalue weighted by atomic mass is 9.68. The molecule has 2 N–H and O–H groups in total. The van der Waals surface area contributed by atoms with Crippen molar-refractivity contribution >= 4 is 11.6 Å². The van der Waals surface area contributed by atoms with E-state index in [-0.39, 0.29) is 5.91 Å². The summed E-state index contributed by atoms with van der Waals surface area (Å²) in [5.74, 6) is 1.71. The molecule has 1 amide bonds. The Balaban J connectivity index is 1.58. The molecular weight excluding hydrogens is 358 g/mol. The fourth-order valence-electron chi connectivity index (χ4n) is 5.41. The molecule has 4 nitrogen and oxygen atoms in total. The van der Waals surface area contributed by atoms with Gasteiger partial charge in [-0.1, -0.05) is 45.9 Å². The second kappa shape index (κ2) is 9.51. The first-order valence-electron chi connectivity index (χ1n) is 11.6. The summed E-state index contributed by atoms with van der Waals surface area (Å²) in [6.07, 6.45) is 5.84. The maximum absolute atomic E-state index is 11.1.